The normalized spacial score (nSPS) is 15.3. The second kappa shape index (κ2) is 8.24. The fourth-order valence-corrected chi connectivity index (χ4v) is 3.94. The van der Waals surface area contributed by atoms with Crippen LogP contribution in [0.3, 0.4) is 0 Å². The molecule has 1 atom stereocenters. The summed E-state index contributed by atoms with van der Waals surface area (Å²) in [5.41, 5.74) is 2.95. The number of amides is 1. The number of aromatic nitrogens is 4. The molecule has 0 N–H and O–H groups in total. The number of ether oxygens (including phenoxy) is 1. The van der Waals surface area contributed by atoms with Gasteiger partial charge in [-0.25, -0.2) is 0 Å². The van der Waals surface area contributed by atoms with Gasteiger partial charge in [-0.1, -0.05) is 43.8 Å². The molecule has 2 aromatic heterocycles. The Morgan fingerprint density at radius 2 is 2.00 bits per heavy atom. The Balaban J connectivity index is 1.94. The van der Waals surface area contributed by atoms with Gasteiger partial charge in [0.1, 0.15) is 0 Å². The van der Waals surface area contributed by atoms with E-state index in [1.165, 1.54) is 11.8 Å². The highest BCUT2D eigenvalue weighted by Crippen LogP contribution is 2.43. The van der Waals surface area contributed by atoms with Crippen molar-refractivity contribution in [3.8, 4) is 17.1 Å². The molecule has 1 aliphatic rings. The van der Waals surface area contributed by atoms with Crippen LogP contribution in [0.5, 0.6) is 5.88 Å². The lowest BCUT2D eigenvalue weighted by Crippen LogP contribution is -2.38. The third kappa shape index (κ3) is 3.60. The molecule has 0 aliphatic carbocycles. The Hall–Kier alpha value is -2.87. The van der Waals surface area contributed by atoms with Crippen molar-refractivity contribution in [1.29, 1.82) is 0 Å². The molecule has 1 aliphatic heterocycles. The van der Waals surface area contributed by atoms with Crippen molar-refractivity contribution in [2.75, 3.05) is 10.7 Å². The van der Waals surface area contributed by atoms with E-state index in [0.29, 0.717) is 23.2 Å². The molecule has 7 nitrogen and oxygen atoms in total. The van der Waals surface area contributed by atoms with E-state index in [1.54, 1.807) is 4.90 Å². The number of hydrogen-bond acceptors (Lipinski definition) is 6. The van der Waals surface area contributed by atoms with Gasteiger partial charge in [0, 0.05) is 25.2 Å². The van der Waals surface area contributed by atoms with Gasteiger partial charge in [-0.3, -0.25) is 9.69 Å². The van der Waals surface area contributed by atoms with Crippen LogP contribution in [0.1, 0.15) is 38.6 Å². The summed E-state index contributed by atoms with van der Waals surface area (Å²) < 4.78 is 8.35. The van der Waals surface area contributed by atoms with Crippen molar-refractivity contribution < 1.29 is 9.53 Å². The summed E-state index contributed by atoms with van der Waals surface area (Å²) in [6.45, 7) is 4.03. The predicted octanol–water partition coefficient (Wildman–Crippen LogP) is 4.21. The first-order valence-corrected chi connectivity index (χ1v) is 10.7. The Morgan fingerprint density at radius 3 is 2.72 bits per heavy atom. The van der Waals surface area contributed by atoms with Gasteiger partial charge < -0.3 is 9.30 Å². The topological polar surface area (TPSA) is 73.1 Å². The van der Waals surface area contributed by atoms with Gasteiger partial charge in [-0.15, -0.1) is 10.2 Å². The summed E-state index contributed by atoms with van der Waals surface area (Å²) >= 11 is 1.50. The van der Waals surface area contributed by atoms with E-state index < -0.39 is 6.23 Å². The first-order valence-electron chi connectivity index (χ1n) is 9.70. The van der Waals surface area contributed by atoms with Crippen molar-refractivity contribution >= 4 is 23.4 Å². The SMILES string of the molecule is CCCC(=O)N1c2ccccc2-c2nnc(SCC)nc2O[C@@H]1c1cccn1C. The summed E-state index contributed by atoms with van der Waals surface area (Å²) in [4.78, 5) is 19.6. The summed E-state index contributed by atoms with van der Waals surface area (Å²) in [7, 11) is 1.94. The van der Waals surface area contributed by atoms with E-state index in [-0.39, 0.29) is 5.91 Å². The number of rotatable bonds is 5. The van der Waals surface area contributed by atoms with Crippen molar-refractivity contribution in [1.82, 2.24) is 19.7 Å². The van der Waals surface area contributed by atoms with Gasteiger partial charge >= 0.3 is 0 Å². The highest BCUT2D eigenvalue weighted by atomic mass is 32.2. The van der Waals surface area contributed by atoms with Crippen molar-refractivity contribution in [3.63, 3.8) is 0 Å². The van der Waals surface area contributed by atoms with Crippen LogP contribution in [0.4, 0.5) is 5.69 Å². The molecule has 4 rings (SSSR count). The molecule has 0 saturated heterocycles. The third-order valence-corrected chi connectivity index (χ3v) is 5.47. The van der Waals surface area contributed by atoms with E-state index in [1.807, 2.05) is 68.1 Å². The molecule has 1 amide bonds. The average molecular weight is 410 g/mol. The van der Waals surface area contributed by atoms with Crippen LogP contribution in [0.15, 0.2) is 47.8 Å². The van der Waals surface area contributed by atoms with Crippen molar-refractivity contribution in [2.24, 2.45) is 7.05 Å². The molecule has 0 spiro atoms. The van der Waals surface area contributed by atoms with E-state index in [9.17, 15) is 4.79 Å². The molecule has 150 valence electrons. The van der Waals surface area contributed by atoms with Gasteiger partial charge in [0.2, 0.25) is 23.2 Å². The maximum atomic E-state index is 13.2. The Kier molecular flexibility index (Phi) is 5.53. The second-order valence-corrected chi connectivity index (χ2v) is 7.96. The first kappa shape index (κ1) is 19.4. The summed E-state index contributed by atoms with van der Waals surface area (Å²) in [5, 5.41) is 9.22. The highest BCUT2D eigenvalue weighted by molar-refractivity contribution is 7.99. The van der Waals surface area contributed by atoms with Gasteiger partial charge in [0.15, 0.2) is 5.69 Å². The Morgan fingerprint density at radius 1 is 1.17 bits per heavy atom. The molecule has 3 aromatic rings. The molecule has 3 heterocycles. The number of nitrogens with zero attached hydrogens (tertiary/aromatic N) is 5. The van der Waals surface area contributed by atoms with Gasteiger partial charge in [0.05, 0.1) is 11.4 Å². The number of carbonyl (C=O) groups excluding carboxylic acids is 1. The van der Waals surface area contributed by atoms with E-state index in [4.69, 9.17) is 4.74 Å². The Labute approximate surface area is 174 Å². The minimum Gasteiger partial charge on any atom is -0.445 e. The fourth-order valence-electron chi connectivity index (χ4n) is 3.43. The summed E-state index contributed by atoms with van der Waals surface area (Å²) in [5.74, 6) is 1.22. The Bertz CT molecular complexity index is 1040. The molecule has 0 radical (unpaired) electrons. The van der Waals surface area contributed by atoms with Gasteiger partial charge in [-0.2, -0.15) is 4.98 Å². The number of fused-ring (bicyclic) bond motifs is 3. The number of aryl methyl sites for hydroxylation is 1. The minimum atomic E-state index is -0.646. The second-order valence-electron chi connectivity index (χ2n) is 6.73. The number of anilines is 1. The lowest BCUT2D eigenvalue weighted by atomic mass is 10.1. The highest BCUT2D eigenvalue weighted by Gasteiger charge is 2.36. The molecule has 1 aromatic carbocycles. The van der Waals surface area contributed by atoms with Crippen LogP contribution in [-0.2, 0) is 11.8 Å². The van der Waals surface area contributed by atoms with E-state index >= 15 is 0 Å². The maximum absolute atomic E-state index is 13.2. The summed E-state index contributed by atoms with van der Waals surface area (Å²) in [6, 6.07) is 11.6. The molecule has 0 saturated carbocycles. The smallest absolute Gasteiger partial charge is 0.247 e. The molecular weight excluding hydrogens is 386 g/mol. The monoisotopic (exact) mass is 409 g/mol. The van der Waals surface area contributed by atoms with Crippen LogP contribution >= 0.6 is 11.8 Å². The number of hydrogen-bond donors (Lipinski definition) is 0. The standard InChI is InChI=1S/C21H23N5O2S/c1-4-9-17(27)26-15-11-7-6-10-14(15)18-19(22-21(24-23-18)29-5-2)28-20(26)16-12-8-13-25(16)3/h6-8,10-13,20H,4-5,9H2,1-3H3/t20-/m1/s1. The zero-order valence-electron chi connectivity index (χ0n) is 16.7. The first-order chi connectivity index (χ1) is 14.1. The lowest BCUT2D eigenvalue weighted by Gasteiger charge is -2.31. The molecule has 0 fully saturated rings. The van der Waals surface area contributed by atoms with Gasteiger partial charge in [0.25, 0.3) is 0 Å². The maximum Gasteiger partial charge on any atom is 0.247 e. The lowest BCUT2D eigenvalue weighted by molar-refractivity contribution is -0.120. The molecular formula is C21H23N5O2S. The average Bonchev–Trinajstić information content (AvgIpc) is 3.08. The number of carbonyl (C=O) groups is 1. The predicted molar refractivity (Wildman–Crippen MR) is 113 cm³/mol. The van der Waals surface area contributed by atoms with Gasteiger partial charge in [-0.05, 0) is 30.4 Å². The van der Waals surface area contributed by atoms with Crippen molar-refractivity contribution in [3.05, 3.63) is 48.3 Å². The van der Waals surface area contributed by atoms with E-state index in [2.05, 4.69) is 15.2 Å². The number of para-hydroxylation sites is 1. The van der Waals surface area contributed by atoms with Crippen LogP contribution in [-0.4, -0.2) is 31.4 Å². The molecule has 29 heavy (non-hydrogen) atoms. The fraction of sp³-hybridized carbons (Fsp3) is 0.333. The number of thioether (sulfide) groups is 1. The summed E-state index contributed by atoms with van der Waals surface area (Å²) in [6.07, 6.45) is 2.47. The van der Waals surface area contributed by atoms with Crippen molar-refractivity contribution in [2.45, 2.75) is 38.1 Å². The van der Waals surface area contributed by atoms with Crippen LogP contribution in [0, 0.1) is 0 Å². The molecule has 8 heteroatoms. The molecule has 0 unspecified atom stereocenters. The third-order valence-electron chi connectivity index (χ3n) is 4.75. The number of benzene rings is 1. The zero-order chi connectivity index (χ0) is 20.4. The van der Waals surface area contributed by atoms with E-state index in [0.717, 1.165) is 29.1 Å². The quantitative estimate of drug-likeness (QED) is 0.588. The van der Waals surface area contributed by atoms with Crippen LogP contribution < -0.4 is 9.64 Å². The molecule has 0 bridgehead atoms. The largest absolute Gasteiger partial charge is 0.445 e. The van der Waals surface area contributed by atoms with Crippen LogP contribution in [0.2, 0.25) is 0 Å². The minimum absolute atomic E-state index is 0.00456. The van der Waals surface area contributed by atoms with Crippen LogP contribution in [0.25, 0.3) is 11.3 Å². The zero-order valence-corrected chi connectivity index (χ0v) is 17.5.